The number of rotatable bonds is 14. The van der Waals surface area contributed by atoms with E-state index in [2.05, 4.69) is 16.0 Å². The summed E-state index contributed by atoms with van der Waals surface area (Å²) in [6.07, 6.45) is 1.40. The van der Waals surface area contributed by atoms with E-state index in [-0.39, 0.29) is 19.4 Å². The lowest BCUT2D eigenvalue weighted by Crippen LogP contribution is -2.57. The summed E-state index contributed by atoms with van der Waals surface area (Å²) in [6.45, 7) is -0.668. The van der Waals surface area contributed by atoms with Gasteiger partial charge in [0.05, 0.1) is 13.2 Å². The third-order valence-electron chi connectivity index (χ3n) is 4.50. The molecule has 3 unspecified atom stereocenters. The third-order valence-corrected chi connectivity index (χ3v) is 4.50. The fraction of sp³-hybridized carbons (Fsp3) is 0.500. The maximum atomic E-state index is 12.8. The molecule has 3 amide bonds. The van der Waals surface area contributed by atoms with Crippen LogP contribution in [0.5, 0.6) is 0 Å². The molecule has 11 heteroatoms. The molecule has 0 aliphatic carbocycles. The summed E-state index contributed by atoms with van der Waals surface area (Å²) < 4.78 is 0. The zero-order valence-corrected chi connectivity index (χ0v) is 17.3. The molecule has 0 saturated heterocycles. The number of aliphatic hydroxyl groups is 1. The van der Waals surface area contributed by atoms with Crippen LogP contribution < -0.4 is 27.4 Å². The van der Waals surface area contributed by atoms with Crippen molar-refractivity contribution in [3.05, 3.63) is 35.9 Å². The summed E-state index contributed by atoms with van der Waals surface area (Å²) in [5.74, 6) is -3.34. The lowest BCUT2D eigenvalue weighted by atomic mass is 10.0. The molecule has 0 heterocycles. The molecule has 172 valence electrons. The minimum Gasteiger partial charge on any atom is -0.480 e. The van der Waals surface area contributed by atoms with Crippen molar-refractivity contribution in [1.82, 2.24) is 16.0 Å². The van der Waals surface area contributed by atoms with Gasteiger partial charge < -0.3 is 37.6 Å². The van der Waals surface area contributed by atoms with E-state index in [1.807, 2.05) is 0 Å². The molecule has 0 radical (unpaired) electrons. The van der Waals surface area contributed by atoms with Gasteiger partial charge >= 0.3 is 5.97 Å². The van der Waals surface area contributed by atoms with E-state index >= 15 is 0 Å². The van der Waals surface area contributed by atoms with Gasteiger partial charge in [-0.05, 0) is 31.4 Å². The van der Waals surface area contributed by atoms with Crippen molar-refractivity contribution in [3.8, 4) is 0 Å². The highest BCUT2D eigenvalue weighted by Gasteiger charge is 2.29. The van der Waals surface area contributed by atoms with Crippen LogP contribution in [0.3, 0.4) is 0 Å². The van der Waals surface area contributed by atoms with Gasteiger partial charge in [0.2, 0.25) is 17.7 Å². The molecule has 0 aliphatic heterocycles. The van der Waals surface area contributed by atoms with Crippen molar-refractivity contribution >= 4 is 23.7 Å². The summed E-state index contributed by atoms with van der Waals surface area (Å²) in [7, 11) is 0. The van der Waals surface area contributed by atoms with Crippen molar-refractivity contribution < 1.29 is 29.4 Å². The molecular weight excluding hydrogens is 406 g/mol. The molecule has 11 nitrogen and oxygen atoms in total. The molecule has 9 N–H and O–H groups in total. The minimum atomic E-state index is -1.30. The normalized spacial score (nSPS) is 13.5. The van der Waals surface area contributed by atoms with Gasteiger partial charge in [-0.1, -0.05) is 30.3 Å². The van der Waals surface area contributed by atoms with Crippen molar-refractivity contribution in [1.29, 1.82) is 0 Å². The van der Waals surface area contributed by atoms with Gasteiger partial charge in [0.25, 0.3) is 0 Å². The number of nitrogens with one attached hydrogen (secondary N) is 3. The van der Waals surface area contributed by atoms with Gasteiger partial charge in [0.15, 0.2) is 0 Å². The number of carbonyl (C=O) groups excluding carboxylic acids is 3. The van der Waals surface area contributed by atoms with E-state index in [4.69, 9.17) is 11.5 Å². The van der Waals surface area contributed by atoms with Crippen LogP contribution in [0, 0.1) is 0 Å². The Bertz CT molecular complexity index is 730. The average molecular weight is 437 g/mol. The van der Waals surface area contributed by atoms with Crippen molar-refractivity contribution in [2.75, 3.05) is 19.7 Å². The van der Waals surface area contributed by atoms with Crippen LogP contribution in [0.15, 0.2) is 30.3 Å². The number of nitrogens with two attached hydrogens (primary N) is 2. The molecular formula is C20H31N5O6. The Hall–Kier alpha value is -3.02. The van der Waals surface area contributed by atoms with Gasteiger partial charge in [0, 0.05) is 6.42 Å². The summed E-state index contributed by atoms with van der Waals surface area (Å²) in [5, 5.41) is 26.0. The maximum Gasteiger partial charge on any atom is 0.326 e. The summed E-state index contributed by atoms with van der Waals surface area (Å²) in [5.41, 5.74) is 11.4. The van der Waals surface area contributed by atoms with E-state index < -0.39 is 48.4 Å². The lowest BCUT2D eigenvalue weighted by molar-refractivity contribution is -0.142. The first-order valence-corrected chi connectivity index (χ1v) is 10.00. The van der Waals surface area contributed by atoms with Gasteiger partial charge in [-0.3, -0.25) is 14.4 Å². The topological polar surface area (TPSA) is 197 Å². The number of amides is 3. The second-order valence-electron chi connectivity index (χ2n) is 6.94. The summed E-state index contributed by atoms with van der Waals surface area (Å²) in [4.78, 5) is 48.3. The fourth-order valence-electron chi connectivity index (χ4n) is 2.80. The monoisotopic (exact) mass is 437 g/mol. The average Bonchev–Trinajstić information content (AvgIpc) is 2.76. The van der Waals surface area contributed by atoms with Crippen LogP contribution in [-0.2, 0) is 25.6 Å². The molecule has 0 aliphatic rings. The van der Waals surface area contributed by atoms with Gasteiger partial charge in [-0.15, -0.1) is 0 Å². The smallest absolute Gasteiger partial charge is 0.326 e. The zero-order valence-electron chi connectivity index (χ0n) is 17.3. The van der Waals surface area contributed by atoms with Crippen LogP contribution in [0.1, 0.15) is 24.8 Å². The molecule has 1 aromatic carbocycles. The van der Waals surface area contributed by atoms with Gasteiger partial charge in [-0.25, -0.2) is 4.79 Å². The van der Waals surface area contributed by atoms with Crippen LogP contribution in [0.2, 0.25) is 0 Å². The Morgan fingerprint density at radius 1 is 0.871 bits per heavy atom. The molecule has 0 fully saturated rings. The molecule has 31 heavy (non-hydrogen) atoms. The minimum absolute atomic E-state index is 0.0799. The van der Waals surface area contributed by atoms with E-state index in [9.17, 15) is 29.4 Å². The molecule has 1 rings (SSSR count). The van der Waals surface area contributed by atoms with E-state index in [1.165, 1.54) is 0 Å². The number of carboxylic acids is 1. The Balaban J connectivity index is 2.96. The first-order chi connectivity index (χ1) is 14.8. The highest BCUT2D eigenvalue weighted by molar-refractivity contribution is 5.93. The molecule has 0 bridgehead atoms. The van der Waals surface area contributed by atoms with Gasteiger partial charge in [-0.2, -0.15) is 0 Å². The Morgan fingerprint density at radius 2 is 1.48 bits per heavy atom. The quantitative estimate of drug-likeness (QED) is 0.160. The molecule has 0 aromatic heterocycles. The highest BCUT2D eigenvalue weighted by Crippen LogP contribution is 2.06. The van der Waals surface area contributed by atoms with Crippen LogP contribution in [-0.4, -0.2) is 71.7 Å². The lowest BCUT2D eigenvalue weighted by Gasteiger charge is -2.24. The van der Waals surface area contributed by atoms with Crippen LogP contribution >= 0.6 is 0 Å². The predicted molar refractivity (Wildman–Crippen MR) is 113 cm³/mol. The molecule has 0 spiro atoms. The Morgan fingerprint density at radius 3 is 2.03 bits per heavy atom. The number of benzene rings is 1. The number of carbonyl (C=O) groups is 4. The number of unbranched alkanes of at least 4 members (excludes halogenated alkanes) is 1. The first kappa shape index (κ1) is 26.0. The van der Waals surface area contributed by atoms with Crippen LogP contribution in [0.25, 0.3) is 0 Å². The van der Waals surface area contributed by atoms with Crippen molar-refractivity contribution in [2.45, 2.75) is 43.8 Å². The maximum absolute atomic E-state index is 12.8. The Kier molecular flexibility index (Phi) is 11.8. The predicted octanol–water partition coefficient (Wildman–Crippen LogP) is -2.15. The van der Waals surface area contributed by atoms with Crippen LogP contribution in [0.4, 0.5) is 0 Å². The number of hydrogen-bond acceptors (Lipinski definition) is 7. The summed E-state index contributed by atoms with van der Waals surface area (Å²) >= 11 is 0. The molecule has 1 aromatic rings. The van der Waals surface area contributed by atoms with Crippen molar-refractivity contribution in [2.24, 2.45) is 11.5 Å². The number of aliphatic hydroxyl groups excluding tert-OH is 1. The molecule has 3 atom stereocenters. The van der Waals surface area contributed by atoms with E-state index in [1.54, 1.807) is 30.3 Å². The SMILES string of the molecule is NCCCCC(NC(=O)C(Cc1ccccc1)NC(=O)C(CO)NC(=O)CN)C(=O)O. The number of hydrogen-bond donors (Lipinski definition) is 7. The number of carboxylic acid groups (broad SMARTS) is 1. The van der Waals surface area contributed by atoms with Gasteiger partial charge in [0.1, 0.15) is 18.1 Å². The van der Waals surface area contributed by atoms with Crippen molar-refractivity contribution in [3.63, 3.8) is 0 Å². The largest absolute Gasteiger partial charge is 0.480 e. The standard InChI is InChI=1S/C20H31N5O6/c21-9-5-4-8-14(20(30)31)24-18(28)15(10-13-6-2-1-3-7-13)25-19(29)16(12-26)23-17(27)11-22/h1-3,6-7,14-16,26H,4-5,8-12,21-22H2,(H,23,27)(H,24,28)(H,25,29)(H,30,31). The zero-order chi connectivity index (χ0) is 23.2. The Labute approximate surface area is 180 Å². The summed E-state index contributed by atoms with van der Waals surface area (Å²) in [6, 6.07) is 5.24. The molecule has 0 saturated carbocycles. The fourth-order valence-corrected chi connectivity index (χ4v) is 2.80. The second kappa shape index (κ2) is 14.1. The second-order valence-corrected chi connectivity index (χ2v) is 6.94. The number of aliphatic carboxylic acids is 1. The first-order valence-electron chi connectivity index (χ1n) is 10.00. The highest BCUT2D eigenvalue weighted by atomic mass is 16.4. The third kappa shape index (κ3) is 9.55. The van der Waals surface area contributed by atoms with E-state index in [0.29, 0.717) is 19.4 Å². The van der Waals surface area contributed by atoms with E-state index in [0.717, 1.165) is 5.56 Å².